The summed E-state index contributed by atoms with van der Waals surface area (Å²) in [6.07, 6.45) is 3.26. The van der Waals surface area contributed by atoms with Crippen LogP contribution in [0.25, 0.3) is 17.1 Å². The number of nitrogens with zero attached hydrogens (tertiary/aromatic N) is 1. The van der Waals surface area contributed by atoms with E-state index >= 15 is 0 Å². The number of nitrogens with one attached hydrogen (secondary N) is 2. The minimum atomic E-state index is -0.191. The second kappa shape index (κ2) is 7.53. The SMILES string of the molecule is CC(C)[C@H](NC(=O)C=Cc1cccc(Cl)c1)c1nc2ccccc2[nH]1. The molecule has 3 rings (SSSR count). The second-order valence-electron chi connectivity index (χ2n) is 6.26. The summed E-state index contributed by atoms with van der Waals surface area (Å²) in [5.74, 6) is 0.795. The maximum Gasteiger partial charge on any atom is 0.244 e. The first-order valence-electron chi connectivity index (χ1n) is 8.22. The standard InChI is InChI=1S/C20H20ClN3O/c1-13(2)19(20-22-16-8-3-4-9-17(16)23-20)24-18(25)11-10-14-6-5-7-15(21)12-14/h3-13,19H,1-2H3,(H,22,23)(H,24,25)/t19-/m0/s1. The summed E-state index contributed by atoms with van der Waals surface area (Å²) in [5, 5.41) is 3.67. The highest BCUT2D eigenvalue weighted by Gasteiger charge is 2.20. The van der Waals surface area contributed by atoms with Crippen LogP contribution in [0.3, 0.4) is 0 Å². The highest BCUT2D eigenvalue weighted by atomic mass is 35.5. The van der Waals surface area contributed by atoms with Crippen LogP contribution in [-0.2, 0) is 4.79 Å². The molecule has 0 saturated carbocycles. The average molecular weight is 354 g/mol. The summed E-state index contributed by atoms with van der Waals surface area (Å²) in [6.45, 7) is 4.11. The number of carbonyl (C=O) groups excluding carboxylic acids is 1. The highest BCUT2D eigenvalue weighted by molar-refractivity contribution is 6.30. The van der Waals surface area contributed by atoms with Gasteiger partial charge in [0.15, 0.2) is 0 Å². The zero-order valence-electron chi connectivity index (χ0n) is 14.2. The van der Waals surface area contributed by atoms with Crippen LogP contribution in [0.15, 0.2) is 54.6 Å². The largest absolute Gasteiger partial charge is 0.342 e. The number of hydrogen-bond donors (Lipinski definition) is 2. The van der Waals surface area contributed by atoms with Crippen molar-refractivity contribution in [2.24, 2.45) is 5.92 Å². The van der Waals surface area contributed by atoms with Gasteiger partial charge in [-0.2, -0.15) is 0 Å². The molecule has 3 aromatic rings. The van der Waals surface area contributed by atoms with E-state index in [1.807, 2.05) is 42.5 Å². The second-order valence-corrected chi connectivity index (χ2v) is 6.69. The van der Waals surface area contributed by atoms with E-state index in [4.69, 9.17) is 11.6 Å². The lowest BCUT2D eigenvalue weighted by Crippen LogP contribution is -2.31. The van der Waals surface area contributed by atoms with Gasteiger partial charge < -0.3 is 10.3 Å². The molecule has 0 saturated heterocycles. The van der Waals surface area contributed by atoms with Crippen molar-refractivity contribution in [3.8, 4) is 0 Å². The van der Waals surface area contributed by atoms with Crippen LogP contribution in [-0.4, -0.2) is 15.9 Å². The Bertz CT molecular complexity index is 881. The fraction of sp³-hybridized carbons (Fsp3) is 0.200. The minimum absolute atomic E-state index is 0.167. The number of hydrogen-bond acceptors (Lipinski definition) is 2. The molecular weight excluding hydrogens is 334 g/mol. The van der Waals surface area contributed by atoms with Gasteiger partial charge in [-0.3, -0.25) is 4.79 Å². The van der Waals surface area contributed by atoms with Crippen LogP contribution >= 0.6 is 11.6 Å². The van der Waals surface area contributed by atoms with E-state index in [9.17, 15) is 4.79 Å². The summed E-state index contributed by atoms with van der Waals surface area (Å²) in [7, 11) is 0. The van der Waals surface area contributed by atoms with Crippen molar-refractivity contribution in [1.82, 2.24) is 15.3 Å². The molecule has 0 aliphatic rings. The van der Waals surface area contributed by atoms with Gasteiger partial charge in [-0.25, -0.2) is 4.98 Å². The van der Waals surface area contributed by atoms with E-state index < -0.39 is 0 Å². The number of aromatic amines is 1. The van der Waals surface area contributed by atoms with Gasteiger partial charge >= 0.3 is 0 Å². The Balaban J connectivity index is 1.76. The zero-order valence-corrected chi connectivity index (χ0v) is 14.9. The Morgan fingerprint density at radius 2 is 2.00 bits per heavy atom. The minimum Gasteiger partial charge on any atom is -0.342 e. The van der Waals surface area contributed by atoms with E-state index in [2.05, 4.69) is 29.1 Å². The molecule has 128 valence electrons. The van der Waals surface area contributed by atoms with Gasteiger partial charge in [0.05, 0.1) is 17.1 Å². The number of halogens is 1. The summed E-state index contributed by atoms with van der Waals surface area (Å²) in [4.78, 5) is 20.2. The Hall–Kier alpha value is -2.59. The van der Waals surface area contributed by atoms with Crippen LogP contribution in [0.5, 0.6) is 0 Å². The third-order valence-electron chi connectivity index (χ3n) is 3.94. The number of fused-ring (bicyclic) bond motifs is 1. The lowest BCUT2D eigenvalue weighted by Gasteiger charge is -2.19. The van der Waals surface area contributed by atoms with E-state index in [1.54, 1.807) is 12.1 Å². The first-order valence-corrected chi connectivity index (χ1v) is 8.59. The normalized spacial score (nSPS) is 12.8. The molecule has 2 N–H and O–H groups in total. The lowest BCUT2D eigenvalue weighted by atomic mass is 10.0. The van der Waals surface area contributed by atoms with Crippen molar-refractivity contribution in [2.75, 3.05) is 0 Å². The van der Waals surface area contributed by atoms with Crippen molar-refractivity contribution in [3.05, 3.63) is 71.0 Å². The number of H-pyrrole nitrogens is 1. The predicted molar refractivity (Wildman–Crippen MR) is 102 cm³/mol. The van der Waals surface area contributed by atoms with E-state index in [-0.39, 0.29) is 17.9 Å². The third kappa shape index (κ3) is 4.28. The molecule has 0 fully saturated rings. The van der Waals surface area contributed by atoms with Gasteiger partial charge in [0.2, 0.25) is 5.91 Å². The first-order chi connectivity index (χ1) is 12.0. The molecule has 0 aliphatic carbocycles. The molecule has 25 heavy (non-hydrogen) atoms. The molecule has 0 bridgehead atoms. The first kappa shape index (κ1) is 17.2. The van der Waals surface area contributed by atoms with Gasteiger partial charge in [0.1, 0.15) is 5.82 Å². The highest BCUT2D eigenvalue weighted by Crippen LogP contribution is 2.22. The molecule has 1 aromatic heterocycles. The van der Waals surface area contributed by atoms with E-state index in [0.29, 0.717) is 5.02 Å². The molecule has 1 amide bonds. The van der Waals surface area contributed by atoms with Gasteiger partial charge in [0.25, 0.3) is 0 Å². The fourth-order valence-electron chi connectivity index (χ4n) is 2.65. The molecular formula is C20H20ClN3O. The van der Waals surface area contributed by atoms with Crippen molar-refractivity contribution in [3.63, 3.8) is 0 Å². The monoisotopic (exact) mass is 353 g/mol. The Kier molecular flexibility index (Phi) is 5.19. The molecule has 1 heterocycles. The Morgan fingerprint density at radius 3 is 2.72 bits per heavy atom. The Morgan fingerprint density at radius 1 is 1.20 bits per heavy atom. The summed E-state index contributed by atoms with van der Waals surface area (Å²) < 4.78 is 0. The topological polar surface area (TPSA) is 57.8 Å². The summed E-state index contributed by atoms with van der Waals surface area (Å²) in [6, 6.07) is 15.0. The van der Waals surface area contributed by atoms with E-state index in [0.717, 1.165) is 22.4 Å². The van der Waals surface area contributed by atoms with Crippen LogP contribution < -0.4 is 5.32 Å². The number of amides is 1. The van der Waals surface area contributed by atoms with Crippen molar-refractivity contribution in [2.45, 2.75) is 19.9 Å². The molecule has 5 heteroatoms. The molecule has 4 nitrogen and oxygen atoms in total. The number of aromatic nitrogens is 2. The quantitative estimate of drug-likeness (QED) is 0.651. The molecule has 0 radical (unpaired) electrons. The van der Waals surface area contributed by atoms with Crippen LogP contribution in [0, 0.1) is 5.92 Å². The van der Waals surface area contributed by atoms with Crippen LogP contribution in [0.2, 0.25) is 5.02 Å². The van der Waals surface area contributed by atoms with Gasteiger partial charge in [0, 0.05) is 11.1 Å². The number of imidazole rings is 1. The summed E-state index contributed by atoms with van der Waals surface area (Å²) in [5.41, 5.74) is 2.74. The van der Waals surface area contributed by atoms with Crippen molar-refractivity contribution >= 4 is 34.6 Å². The van der Waals surface area contributed by atoms with Crippen molar-refractivity contribution in [1.29, 1.82) is 0 Å². The molecule has 0 aliphatic heterocycles. The van der Waals surface area contributed by atoms with Crippen molar-refractivity contribution < 1.29 is 4.79 Å². The van der Waals surface area contributed by atoms with Gasteiger partial charge in [-0.05, 0) is 41.8 Å². The van der Waals surface area contributed by atoms with Crippen LogP contribution in [0.4, 0.5) is 0 Å². The molecule has 0 spiro atoms. The van der Waals surface area contributed by atoms with Crippen LogP contribution in [0.1, 0.15) is 31.3 Å². The maximum atomic E-state index is 12.3. The zero-order chi connectivity index (χ0) is 17.8. The number of rotatable bonds is 5. The number of para-hydroxylation sites is 2. The average Bonchev–Trinajstić information content (AvgIpc) is 3.01. The Labute approximate surface area is 151 Å². The number of carbonyl (C=O) groups is 1. The molecule has 2 aromatic carbocycles. The lowest BCUT2D eigenvalue weighted by molar-refractivity contribution is -0.117. The predicted octanol–water partition coefficient (Wildman–Crippen LogP) is 4.74. The fourth-order valence-corrected chi connectivity index (χ4v) is 2.85. The smallest absolute Gasteiger partial charge is 0.244 e. The third-order valence-corrected chi connectivity index (χ3v) is 4.18. The maximum absolute atomic E-state index is 12.3. The summed E-state index contributed by atoms with van der Waals surface area (Å²) >= 11 is 5.96. The van der Waals surface area contributed by atoms with Gasteiger partial charge in [-0.1, -0.05) is 49.7 Å². The molecule has 1 atom stereocenters. The van der Waals surface area contributed by atoms with E-state index in [1.165, 1.54) is 6.08 Å². The molecule has 0 unspecified atom stereocenters. The van der Waals surface area contributed by atoms with Gasteiger partial charge in [-0.15, -0.1) is 0 Å². The number of benzene rings is 2.